The molecule has 4 aromatic rings. The first-order chi connectivity index (χ1) is 16.9. The molecule has 182 valence electrons. The highest BCUT2D eigenvalue weighted by Gasteiger charge is 2.17. The standard InChI is InChI=1S/C28H33N5O2/c1-19(2)13-16-25-18-26(28-31-30-21(4)35-28)32-33(25)24-12-8-11-23(17-24)27(34)29-20(3)14-15-22-9-6-5-7-10-22/h5-12,17-20H,13-16H2,1-4H3,(H,29,34). The Morgan fingerprint density at radius 2 is 1.77 bits per heavy atom. The summed E-state index contributed by atoms with van der Waals surface area (Å²) in [5.74, 6) is 1.37. The van der Waals surface area contributed by atoms with Gasteiger partial charge in [-0.25, -0.2) is 4.68 Å². The molecule has 4 rings (SSSR count). The zero-order chi connectivity index (χ0) is 24.8. The highest BCUT2D eigenvalue weighted by Crippen LogP contribution is 2.23. The number of amides is 1. The topological polar surface area (TPSA) is 85.8 Å². The van der Waals surface area contributed by atoms with Crippen molar-refractivity contribution in [2.75, 3.05) is 0 Å². The molecule has 0 saturated heterocycles. The summed E-state index contributed by atoms with van der Waals surface area (Å²) in [7, 11) is 0. The number of carbonyl (C=O) groups is 1. The highest BCUT2D eigenvalue weighted by molar-refractivity contribution is 5.94. The van der Waals surface area contributed by atoms with Gasteiger partial charge in [-0.05, 0) is 68.4 Å². The molecule has 1 atom stereocenters. The maximum absolute atomic E-state index is 13.0. The van der Waals surface area contributed by atoms with Crippen LogP contribution >= 0.6 is 0 Å². The van der Waals surface area contributed by atoms with Gasteiger partial charge in [0.2, 0.25) is 5.89 Å². The van der Waals surface area contributed by atoms with Crippen LogP contribution < -0.4 is 5.32 Å². The first-order valence-corrected chi connectivity index (χ1v) is 12.2. The molecule has 2 aromatic carbocycles. The van der Waals surface area contributed by atoms with E-state index < -0.39 is 0 Å². The molecule has 0 bridgehead atoms. The van der Waals surface area contributed by atoms with E-state index in [0.29, 0.717) is 29.0 Å². The molecule has 0 radical (unpaired) electrons. The van der Waals surface area contributed by atoms with Crippen molar-refractivity contribution in [1.29, 1.82) is 0 Å². The summed E-state index contributed by atoms with van der Waals surface area (Å²) in [4.78, 5) is 13.0. The number of rotatable bonds is 10. The van der Waals surface area contributed by atoms with E-state index in [9.17, 15) is 4.79 Å². The number of benzene rings is 2. The Labute approximate surface area is 206 Å². The number of hydrogen-bond donors (Lipinski definition) is 1. The smallest absolute Gasteiger partial charge is 0.268 e. The quantitative estimate of drug-likeness (QED) is 0.327. The summed E-state index contributed by atoms with van der Waals surface area (Å²) in [5, 5.41) is 15.9. The van der Waals surface area contributed by atoms with Crippen LogP contribution in [0, 0.1) is 12.8 Å². The molecular formula is C28H33N5O2. The summed E-state index contributed by atoms with van der Waals surface area (Å²) in [5.41, 5.74) is 4.38. The Morgan fingerprint density at radius 3 is 2.49 bits per heavy atom. The van der Waals surface area contributed by atoms with Gasteiger partial charge in [0.1, 0.15) is 5.69 Å². The lowest BCUT2D eigenvalue weighted by Gasteiger charge is -2.15. The fourth-order valence-corrected chi connectivity index (χ4v) is 3.95. The minimum absolute atomic E-state index is 0.0602. The van der Waals surface area contributed by atoms with E-state index in [4.69, 9.17) is 9.52 Å². The van der Waals surface area contributed by atoms with Crippen molar-refractivity contribution in [3.05, 3.63) is 83.4 Å². The summed E-state index contributed by atoms with van der Waals surface area (Å²) in [6.45, 7) is 8.21. The van der Waals surface area contributed by atoms with Crippen molar-refractivity contribution in [2.45, 2.75) is 59.4 Å². The number of aryl methyl sites for hydroxylation is 3. The van der Waals surface area contributed by atoms with Crippen molar-refractivity contribution in [2.24, 2.45) is 5.92 Å². The minimum Gasteiger partial charge on any atom is -0.420 e. The van der Waals surface area contributed by atoms with Crippen LogP contribution in [0.4, 0.5) is 0 Å². The molecule has 0 aliphatic rings. The van der Waals surface area contributed by atoms with E-state index in [2.05, 4.69) is 41.5 Å². The van der Waals surface area contributed by atoms with Gasteiger partial charge < -0.3 is 9.73 Å². The van der Waals surface area contributed by atoms with E-state index in [0.717, 1.165) is 37.1 Å². The highest BCUT2D eigenvalue weighted by atomic mass is 16.4. The second-order valence-electron chi connectivity index (χ2n) is 9.44. The van der Waals surface area contributed by atoms with Crippen LogP contribution in [0.3, 0.4) is 0 Å². The molecule has 0 saturated carbocycles. The van der Waals surface area contributed by atoms with Gasteiger partial charge in [-0.1, -0.05) is 50.2 Å². The minimum atomic E-state index is -0.0870. The maximum Gasteiger partial charge on any atom is 0.268 e. The molecular weight excluding hydrogens is 438 g/mol. The van der Waals surface area contributed by atoms with Crippen LogP contribution in [-0.2, 0) is 12.8 Å². The number of hydrogen-bond acceptors (Lipinski definition) is 5. The summed E-state index contributed by atoms with van der Waals surface area (Å²) < 4.78 is 7.48. The van der Waals surface area contributed by atoms with Gasteiger partial charge in [0.25, 0.3) is 11.8 Å². The Hall–Kier alpha value is -3.74. The zero-order valence-electron chi connectivity index (χ0n) is 20.9. The molecule has 1 amide bonds. The summed E-state index contributed by atoms with van der Waals surface area (Å²) in [6, 6.07) is 20.0. The van der Waals surface area contributed by atoms with Crippen molar-refractivity contribution >= 4 is 5.91 Å². The third-order valence-corrected chi connectivity index (χ3v) is 5.95. The van der Waals surface area contributed by atoms with Gasteiger partial charge in [-0.3, -0.25) is 4.79 Å². The van der Waals surface area contributed by atoms with Crippen molar-refractivity contribution < 1.29 is 9.21 Å². The molecule has 7 nitrogen and oxygen atoms in total. The Bertz CT molecular complexity index is 1260. The van der Waals surface area contributed by atoms with Gasteiger partial charge in [0, 0.05) is 24.2 Å². The molecule has 7 heteroatoms. The van der Waals surface area contributed by atoms with Crippen LogP contribution in [0.15, 0.2) is 65.1 Å². The van der Waals surface area contributed by atoms with Crippen LogP contribution in [0.25, 0.3) is 17.3 Å². The lowest BCUT2D eigenvalue weighted by molar-refractivity contribution is 0.0938. The number of carbonyl (C=O) groups excluding carboxylic acids is 1. The van der Waals surface area contributed by atoms with Gasteiger partial charge in [-0.15, -0.1) is 10.2 Å². The van der Waals surface area contributed by atoms with Crippen LogP contribution in [-0.4, -0.2) is 31.9 Å². The molecule has 1 N–H and O–H groups in total. The van der Waals surface area contributed by atoms with E-state index in [1.54, 1.807) is 6.92 Å². The van der Waals surface area contributed by atoms with E-state index in [1.807, 2.05) is 60.1 Å². The lowest BCUT2D eigenvalue weighted by atomic mass is 10.1. The summed E-state index contributed by atoms with van der Waals surface area (Å²) >= 11 is 0. The first-order valence-electron chi connectivity index (χ1n) is 12.2. The molecule has 0 aliphatic carbocycles. The molecule has 2 aromatic heterocycles. The lowest BCUT2D eigenvalue weighted by Crippen LogP contribution is -2.33. The second-order valence-corrected chi connectivity index (χ2v) is 9.44. The molecule has 0 aliphatic heterocycles. The average Bonchev–Trinajstić information content (AvgIpc) is 3.48. The number of nitrogens with one attached hydrogen (secondary N) is 1. The monoisotopic (exact) mass is 471 g/mol. The van der Waals surface area contributed by atoms with Crippen LogP contribution in [0.2, 0.25) is 0 Å². The Balaban J connectivity index is 1.51. The third-order valence-electron chi connectivity index (χ3n) is 5.95. The summed E-state index contributed by atoms with van der Waals surface area (Å²) in [6.07, 6.45) is 3.67. The first kappa shape index (κ1) is 24.4. The Morgan fingerprint density at radius 1 is 0.971 bits per heavy atom. The predicted octanol–water partition coefficient (Wildman–Crippen LogP) is 5.57. The predicted molar refractivity (Wildman–Crippen MR) is 136 cm³/mol. The molecule has 0 spiro atoms. The van der Waals surface area contributed by atoms with Gasteiger partial charge in [-0.2, -0.15) is 5.10 Å². The van der Waals surface area contributed by atoms with E-state index in [-0.39, 0.29) is 11.9 Å². The second kappa shape index (κ2) is 11.1. The van der Waals surface area contributed by atoms with Gasteiger partial charge >= 0.3 is 0 Å². The number of nitrogens with zero attached hydrogens (tertiary/aromatic N) is 4. The van der Waals surface area contributed by atoms with E-state index in [1.165, 1.54) is 5.56 Å². The zero-order valence-corrected chi connectivity index (χ0v) is 20.9. The molecule has 2 heterocycles. The molecule has 35 heavy (non-hydrogen) atoms. The fraction of sp³-hybridized carbons (Fsp3) is 0.357. The van der Waals surface area contributed by atoms with Gasteiger partial charge in [0.15, 0.2) is 0 Å². The SMILES string of the molecule is Cc1nnc(-c2cc(CCC(C)C)n(-c3cccc(C(=O)NC(C)CCc4ccccc4)c3)n2)o1. The normalized spacial score (nSPS) is 12.1. The van der Waals surface area contributed by atoms with Crippen LogP contribution in [0.5, 0.6) is 0 Å². The number of aromatic nitrogens is 4. The third kappa shape index (κ3) is 6.44. The molecule has 1 unspecified atom stereocenters. The Kier molecular flexibility index (Phi) is 7.75. The van der Waals surface area contributed by atoms with E-state index >= 15 is 0 Å². The molecule has 0 fully saturated rings. The van der Waals surface area contributed by atoms with Gasteiger partial charge in [0.05, 0.1) is 5.69 Å². The van der Waals surface area contributed by atoms with Crippen molar-refractivity contribution in [3.63, 3.8) is 0 Å². The van der Waals surface area contributed by atoms with Crippen molar-refractivity contribution in [3.8, 4) is 17.3 Å². The maximum atomic E-state index is 13.0. The van der Waals surface area contributed by atoms with Crippen LogP contribution in [0.1, 0.15) is 61.1 Å². The average molecular weight is 472 g/mol. The fourth-order valence-electron chi connectivity index (χ4n) is 3.95. The largest absolute Gasteiger partial charge is 0.420 e. The van der Waals surface area contributed by atoms with Crippen molar-refractivity contribution in [1.82, 2.24) is 25.3 Å².